The highest BCUT2D eigenvalue weighted by Crippen LogP contribution is 2.29. The van der Waals surface area contributed by atoms with E-state index in [-0.39, 0.29) is 5.69 Å². The molecule has 7 heteroatoms. The van der Waals surface area contributed by atoms with E-state index >= 15 is 0 Å². The number of nitrogens with one attached hydrogen (secondary N) is 1. The van der Waals surface area contributed by atoms with Gasteiger partial charge in [-0.3, -0.25) is 15.1 Å². The highest BCUT2D eigenvalue weighted by Gasteiger charge is 2.21. The fourth-order valence-electron chi connectivity index (χ4n) is 3.01. The van der Waals surface area contributed by atoms with Gasteiger partial charge in [0.15, 0.2) is 0 Å². The maximum atomic E-state index is 11.1. The van der Waals surface area contributed by atoms with Crippen LogP contribution >= 0.6 is 11.6 Å². The Bertz CT molecular complexity index is 703. The molecular weight excluding hydrogens is 328 g/mol. The van der Waals surface area contributed by atoms with Crippen molar-refractivity contribution in [3.8, 4) is 0 Å². The molecule has 1 aliphatic heterocycles. The second-order valence-electron chi connectivity index (χ2n) is 5.94. The van der Waals surface area contributed by atoms with Gasteiger partial charge >= 0.3 is 0 Å². The van der Waals surface area contributed by atoms with E-state index in [2.05, 4.69) is 15.2 Å². The molecule has 1 N–H and O–H groups in total. The lowest BCUT2D eigenvalue weighted by Gasteiger charge is -2.33. The molecule has 0 aliphatic carbocycles. The summed E-state index contributed by atoms with van der Waals surface area (Å²) >= 11 is 5.84. The van der Waals surface area contributed by atoms with Crippen LogP contribution in [0, 0.1) is 16.0 Å². The van der Waals surface area contributed by atoms with E-state index in [9.17, 15) is 10.1 Å². The number of pyridine rings is 1. The van der Waals surface area contributed by atoms with Crippen molar-refractivity contribution in [2.24, 2.45) is 5.92 Å². The van der Waals surface area contributed by atoms with Gasteiger partial charge in [0.1, 0.15) is 5.69 Å². The molecule has 0 saturated carbocycles. The summed E-state index contributed by atoms with van der Waals surface area (Å²) in [6, 6.07) is 8.77. The first-order chi connectivity index (χ1) is 11.6. The van der Waals surface area contributed by atoms with Gasteiger partial charge in [-0.2, -0.15) is 0 Å². The fraction of sp³-hybridized carbons (Fsp3) is 0.353. The lowest BCUT2D eigenvalue weighted by atomic mass is 9.96. The number of rotatable bonds is 5. The summed E-state index contributed by atoms with van der Waals surface area (Å²) in [5.41, 5.74) is 1.75. The van der Waals surface area contributed by atoms with Crippen molar-refractivity contribution >= 4 is 28.7 Å². The Labute approximate surface area is 145 Å². The van der Waals surface area contributed by atoms with Gasteiger partial charge in [0, 0.05) is 48.8 Å². The maximum absolute atomic E-state index is 11.1. The van der Waals surface area contributed by atoms with Crippen molar-refractivity contribution in [3.05, 3.63) is 57.9 Å². The number of piperidine rings is 1. The summed E-state index contributed by atoms with van der Waals surface area (Å²) in [6.07, 6.45) is 5.72. The van der Waals surface area contributed by atoms with Gasteiger partial charge in [0.05, 0.1) is 4.92 Å². The Morgan fingerprint density at radius 2 is 1.96 bits per heavy atom. The molecule has 0 unspecified atom stereocenters. The summed E-state index contributed by atoms with van der Waals surface area (Å²) in [5, 5.41) is 14.7. The first-order valence-corrected chi connectivity index (χ1v) is 8.34. The lowest BCUT2D eigenvalue weighted by molar-refractivity contribution is -0.383. The molecule has 0 atom stereocenters. The minimum absolute atomic E-state index is 0.0247. The Morgan fingerprint density at radius 1 is 1.25 bits per heavy atom. The molecule has 1 saturated heterocycles. The Kier molecular flexibility index (Phi) is 5.15. The lowest BCUT2D eigenvalue weighted by Crippen LogP contribution is -2.35. The molecule has 2 aromatic rings. The van der Waals surface area contributed by atoms with E-state index in [0.29, 0.717) is 16.6 Å². The Balaban J connectivity index is 1.55. The van der Waals surface area contributed by atoms with Crippen LogP contribution < -0.4 is 10.2 Å². The second kappa shape index (κ2) is 7.49. The summed E-state index contributed by atoms with van der Waals surface area (Å²) in [4.78, 5) is 17.1. The number of hydrogen-bond acceptors (Lipinski definition) is 5. The summed E-state index contributed by atoms with van der Waals surface area (Å²) in [5.74, 6) is 0.498. The van der Waals surface area contributed by atoms with Crippen molar-refractivity contribution in [3.63, 3.8) is 0 Å². The van der Waals surface area contributed by atoms with Crippen LogP contribution in [-0.4, -0.2) is 29.5 Å². The van der Waals surface area contributed by atoms with E-state index in [1.165, 1.54) is 11.8 Å². The van der Waals surface area contributed by atoms with E-state index < -0.39 is 4.92 Å². The number of hydrogen-bond donors (Lipinski definition) is 1. The summed E-state index contributed by atoms with van der Waals surface area (Å²) in [6.45, 7) is 2.70. The predicted octanol–water partition coefficient (Wildman–Crippen LogP) is 3.97. The van der Waals surface area contributed by atoms with Crippen LogP contribution in [0.4, 0.5) is 17.1 Å². The second-order valence-corrected chi connectivity index (χ2v) is 6.37. The SMILES string of the molecule is O=[N+]([O-])c1cc(Cl)ccc1NCC1CCN(c2ccncc2)CC1. The molecule has 126 valence electrons. The van der Waals surface area contributed by atoms with Crippen molar-refractivity contribution in [2.75, 3.05) is 29.9 Å². The molecule has 2 heterocycles. The standard InChI is InChI=1S/C17H19ClN4O2/c18-14-1-2-16(17(11-14)22(23)24)20-12-13-5-9-21(10-6-13)15-3-7-19-8-4-15/h1-4,7-8,11,13,20H,5-6,9-10,12H2. The van der Waals surface area contributed by atoms with Crippen LogP contribution in [0.1, 0.15) is 12.8 Å². The van der Waals surface area contributed by atoms with Gasteiger partial charge in [0.2, 0.25) is 0 Å². The summed E-state index contributed by atoms with van der Waals surface area (Å²) < 4.78 is 0. The minimum atomic E-state index is -0.403. The third-order valence-corrected chi connectivity index (χ3v) is 4.62. The Morgan fingerprint density at radius 3 is 2.62 bits per heavy atom. The Hall–Kier alpha value is -2.34. The minimum Gasteiger partial charge on any atom is -0.379 e. The van der Waals surface area contributed by atoms with Gasteiger partial charge < -0.3 is 10.2 Å². The van der Waals surface area contributed by atoms with E-state index in [4.69, 9.17) is 11.6 Å². The maximum Gasteiger partial charge on any atom is 0.293 e. The van der Waals surface area contributed by atoms with Crippen molar-refractivity contribution in [1.29, 1.82) is 0 Å². The van der Waals surface area contributed by atoms with Crippen LogP contribution in [0.3, 0.4) is 0 Å². The van der Waals surface area contributed by atoms with Gasteiger partial charge in [-0.05, 0) is 43.0 Å². The third kappa shape index (κ3) is 3.94. The molecular formula is C17H19ClN4O2. The average molecular weight is 347 g/mol. The molecule has 1 aliphatic rings. The number of aromatic nitrogens is 1. The highest BCUT2D eigenvalue weighted by molar-refractivity contribution is 6.30. The number of nitro benzene ring substituents is 1. The molecule has 0 radical (unpaired) electrons. The van der Waals surface area contributed by atoms with Crippen LogP contribution in [0.5, 0.6) is 0 Å². The van der Waals surface area contributed by atoms with Crippen LogP contribution in [0.25, 0.3) is 0 Å². The monoisotopic (exact) mass is 346 g/mol. The van der Waals surface area contributed by atoms with Gasteiger partial charge in [0.25, 0.3) is 5.69 Å². The number of anilines is 2. The molecule has 0 amide bonds. The van der Waals surface area contributed by atoms with Gasteiger partial charge in [-0.15, -0.1) is 0 Å². The van der Waals surface area contributed by atoms with Crippen LogP contribution in [-0.2, 0) is 0 Å². The molecule has 0 spiro atoms. The highest BCUT2D eigenvalue weighted by atomic mass is 35.5. The first-order valence-electron chi connectivity index (χ1n) is 7.96. The van der Waals surface area contributed by atoms with Gasteiger partial charge in [-0.1, -0.05) is 11.6 Å². The zero-order valence-corrected chi connectivity index (χ0v) is 13.9. The molecule has 3 rings (SSSR count). The molecule has 1 aromatic carbocycles. The first kappa shape index (κ1) is 16.5. The third-order valence-electron chi connectivity index (χ3n) is 4.38. The van der Waals surface area contributed by atoms with E-state index in [0.717, 1.165) is 32.5 Å². The number of nitrogens with zero attached hydrogens (tertiary/aromatic N) is 3. The van der Waals surface area contributed by atoms with E-state index in [1.807, 2.05) is 24.5 Å². The van der Waals surface area contributed by atoms with Gasteiger partial charge in [-0.25, -0.2) is 0 Å². The molecule has 6 nitrogen and oxygen atoms in total. The van der Waals surface area contributed by atoms with Crippen LogP contribution in [0.15, 0.2) is 42.7 Å². The smallest absolute Gasteiger partial charge is 0.293 e. The zero-order chi connectivity index (χ0) is 16.9. The van der Waals surface area contributed by atoms with Crippen molar-refractivity contribution in [2.45, 2.75) is 12.8 Å². The predicted molar refractivity (Wildman–Crippen MR) is 95.8 cm³/mol. The topological polar surface area (TPSA) is 71.3 Å². The molecule has 0 bridgehead atoms. The summed E-state index contributed by atoms with van der Waals surface area (Å²) in [7, 11) is 0. The molecule has 1 aromatic heterocycles. The van der Waals surface area contributed by atoms with E-state index in [1.54, 1.807) is 12.1 Å². The average Bonchev–Trinajstić information content (AvgIpc) is 2.62. The normalized spacial score (nSPS) is 15.3. The fourth-order valence-corrected chi connectivity index (χ4v) is 3.18. The zero-order valence-electron chi connectivity index (χ0n) is 13.2. The largest absolute Gasteiger partial charge is 0.379 e. The number of benzene rings is 1. The number of nitro groups is 1. The van der Waals surface area contributed by atoms with Crippen molar-refractivity contribution < 1.29 is 4.92 Å². The number of halogens is 1. The molecule has 1 fully saturated rings. The van der Waals surface area contributed by atoms with Crippen molar-refractivity contribution in [1.82, 2.24) is 4.98 Å². The van der Waals surface area contributed by atoms with Crippen LogP contribution in [0.2, 0.25) is 5.02 Å². The molecule has 24 heavy (non-hydrogen) atoms. The quantitative estimate of drug-likeness (QED) is 0.655.